The molecule has 0 unspecified atom stereocenters. The van der Waals surface area contributed by atoms with Crippen molar-refractivity contribution in [2.75, 3.05) is 0 Å². The highest BCUT2D eigenvalue weighted by molar-refractivity contribution is 7.26. The first-order valence-corrected chi connectivity index (χ1v) is 16.1. The van der Waals surface area contributed by atoms with Crippen LogP contribution in [0, 0.1) is 12.3 Å². The predicted molar refractivity (Wildman–Crippen MR) is 201 cm³/mol. The van der Waals surface area contributed by atoms with Crippen LogP contribution in [0.15, 0.2) is 146 Å². The second-order valence-corrected chi connectivity index (χ2v) is 11.9. The van der Waals surface area contributed by atoms with Gasteiger partial charge in [0.2, 0.25) is 0 Å². The van der Waals surface area contributed by atoms with Gasteiger partial charge in [-0.15, -0.1) is 11.3 Å². The molecule has 0 saturated heterocycles. The van der Waals surface area contributed by atoms with E-state index in [9.17, 15) is 5.11 Å². The quantitative estimate of drug-likeness (QED) is 0.133. The summed E-state index contributed by atoms with van der Waals surface area (Å²) in [5, 5.41) is 20.5. The number of nitrogens with two attached hydrogens (primary N) is 1. The number of allylic oxidation sites excluding steroid dienone is 6. The van der Waals surface area contributed by atoms with Crippen molar-refractivity contribution >= 4 is 54.9 Å². The number of aryl methyl sites for hydroxylation is 1. The number of rotatable bonds is 5. The smallest absolute Gasteiger partial charge is 0.134 e. The minimum atomic E-state index is 0.260. The minimum Gasteiger partial charge on any atom is -0.506 e. The van der Waals surface area contributed by atoms with Crippen molar-refractivity contribution in [2.45, 2.75) is 19.9 Å². The molecular formula is C42H38N2OS. The van der Waals surface area contributed by atoms with Crippen molar-refractivity contribution in [3.8, 4) is 5.75 Å². The van der Waals surface area contributed by atoms with E-state index in [0.717, 1.165) is 43.3 Å². The van der Waals surface area contributed by atoms with Gasteiger partial charge in [-0.3, -0.25) is 0 Å². The Morgan fingerprint density at radius 3 is 2.28 bits per heavy atom. The Balaban J connectivity index is 0.000000227. The Kier molecular flexibility index (Phi) is 10.9. The molecule has 6 aromatic rings. The molecule has 0 atom stereocenters. The number of aromatic hydroxyl groups is 1. The van der Waals surface area contributed by atoms with Gasteiger partial charge in [0.15, 0.2) is 0 Å². The zero-order valence-electron chi connectivity index (χ0n) is 26.0. The Labute approximate surface area is 275 Å². The Morgan fingerprint density at radius 1 is 0.913 bits per heavy atom. The molecule has 0 spiro atoms. The second kappa shape index (κ2) is 15.6. The first-order valence-electron chi connectivity index (χ1n) is 15.3. The average Bonchev–Trinajstić information content (AvgIpc) is 3.49. The van der Waals surface area contributed by atoms with E-state index in [-0.39, 0.29) is 5.75 Å². The fourth-order valence-corrected chi connectivity index (χ4v) is 6.49. The average molecular weight is 619 g/mol. The van der Waals surface area contributed by atoms with E-state index in [4.69, 9.17) is 11.1 Å². The van der Waals surface area contributed by atoms with E-state index in [2.05, 4.69) is 80.3 Å². The summed E-state index contributed by atoms with van der Waals surface area (Å²) in [5.41, 5.74) is 14.3. The summed E-state index contributed by atoms with van der Waals surface area (Å²) < 4.78 is 1.92. The van der Waals surface area contributed by atoms with E-state index in [0.29, 0.717) is 6.54 Å². The van der Waals surface area contributed by atoms with Crippen molar-refractivity contribution < 1.29 is 5.11 Å². The standard InChI is InChI=1S/C28H21NOS.C7H9N.C7H8/c1-2-18(13-14-20-9-5-8-19-7-3-4-11-23(19)20)22-15-24-27-21(17-29)10-6-12-26(27)31-28(24)25(30)16-22;8-6-7-4-2-1-3-5-7;1-7-5-3-2-4-6-7/h2-8,10-17,29-30H,1,9H2;1-5H,6,8H2;2-6H,1H3/b18-13+,20-14+,29-17?;;. The van der Waals surface area contributed by atoms with Crippen LogP contribution in [-0.2, 0) is 6.54 Å². The molecule has 0 saturated carbocycles. The van der Waals surface area contributed by atoms with Crippen LogP contribution in [0.4, 0.5) is 0 Å². The van der Waals surface area contributed by atoms with Gasteiger partial charge in [-0.1, -0.05) is 140 Å². The highest BCUT2D eigenvalue weighted by Crippen LogP contribution is 2.42. The van der Waals surface area contributed by atoms with Crippen LogP contribution in [0.3, 0.4) is 0 Å². The first kappa shape index (κ1) is 32.1. The summed E-state index contributed by atoms with van der Waals surface area (Å²) in [7, 11) is 0. The molecule has 4 heteroatoms. The highest BCUT2D eigenvalue weighted by Gasteiger charge is 2.14. The van der Waals surface area contributed by atoms with Crippen LogP contribution in [0.25, 0.3) is 37.4 Å². The lowest BCUT2D eigenvalue weighted by Gasteiger charge is -2.13. The fourth-order valence-electron chi connectivity index (χ4n) is 5.36. The maximum Gasteiger partial charge on any atom is 0.134 e. The van der Waals surface area contributed by atoms with Crippen LogP contribution < -0.4 is 5.73 Å². The van der Waals surface area contributed by atoms with E-state index < -0.39 is 0 Å². The first-order chi connectivity index (χ1) is 22.5. The van der Waals surface area contributed by atoms with Gasteiger partial charge in [0.1, 0.15) is 5.75 Å². The molecule has 1 aliphatic rings. The van der Waals surface area contributed by atoms with Crippen LogP contribution in [0.2, 0.25) is 0 Å². The van der Waals surface area contributed by atoms with Gasteiger partial charge in [0.05, 0.1) is 4.70 Å². The zero-order chi connectivity index (χ0) is 32.3. The molecule has 0 aliphatic heterocycles. The number of thiophene rings is 1. The molecule has 46 heavy (non-hydrogen) atoms. The summed E-state index contributed by atoms with van der Waals surface area (Å²) in [6.07, 6.45) is 12.7. The van der Waals surface area contributed by atoms with Gasteiger partial charge in [-0.25, -0.2) is 0 Å². The number of fused-ring (bicyclic) bond motifs is 4. The zero-order valence-corrected chi connectivity index (χ0v) is 26.8. The number of phenols is 1. The molecule has 4 N–H and O–H groups in total. The van der Waals surface area contributed by atoms with Crippen molar-refractivity contribution in [1.29, 1.82) is 5.41 Å². The number of hydrogen-bond acceptors (Lipinski definition) is 4. The summed E-state index contributed by atoms with van der Waals surface area (Å²) in [6, 6.07) is 38.5. The number of hydrogen-bond donors (Lipinski definition) is 3. The number of phenolic OH excluding ortho intramolecular Hbond substituents is 1. The maximum absolute atomic E-state index is 10.8. The SMILES string of the molecule is C=C/C(=C\C=C1/CC=Cc2ccccc21)c1cc(O)c2sc3cccc(C=N)c3c2c1.Cc1ccccc1.NCc1ccccc1. The molecule has 0 bridgehead atoms. The summed E-state index contributed by atoms with van der Waals surface area (Å²) >= 11 is 1.56. The fraction of sp³-hybridized carbons (Fsp3) is 0.0714. The number of nitrogens with one attached hydrogen (secondary N) is 1. The predicted octanol–water partition coefficient (Wildman–Crippen LogP) is 11.0. The van der Waals surface area contributed by atoms with Gasteiger partial charge in [0.25, 0.3) is 0 Å². The molecule has 0 fully saturated rings. The third-order valence-corrected chi connectivity index (χ3v) is 8.94. The molecule has 0 amide bonds. The van der Waals surface area contributed by atoms with Crippen molar-refractivity contribution in [3.63, 3.8) is 0 Å². The molecule has 5 aromatic carbocycles. The van der Waals surface area contributed by atoms with Crippen molar-refractivity contribution in [3.05, 3.63) is 180 Å². The molecule has 1 aromatic heterocycles. The van der Waals surface area contributed by atoms with E-state index in [1.165, 1.54) is 34.0 Å². The molecule has 228 valence electrons. The monoisotopic (exact) mass is 618 g/mol. The van der Waals surface area contributed by atoms with Gasteiger partial charge in [-0.05, 0) is 64.9 Å². The Bertz CT molecular complexity index is 2050. The third kappa shape index (κ3) is 7.67. The lowest BCUT2D eigenvalue weighted by atomic mass is 9.91. The Morgan fingerprint density at radius 2 is 1.63 bits per heavy atom. The van der Waals surface area contributed by atoms with Crippen molar-refractivity contribution in [2.24, 2.45) is 5.73 Å². The minimum absolute atomic E-state index is 0.260. The topological polar surface area (TPSA) is 70.1 Å². The lowest BCUT2D eigenvalue weighted by molar-refractivity contribution is 0.482. The van der Waals surface area contributed by atoms with Gasteiger partial charge in [-0.2, -0.15) is 0 Å². The molecule has 1 heterocycles. The molecule has 7 rings (SSSR count). The number of benzene rings is 5. The summed E-state index contributed by atoms with van der Waals surface area (Å²) in [6.45, 7) is 6.74. The Hall–Kier alpha value is -5.29. The summed E-state index contributed by atoms with van der Waals surface area (Å²) in [4.78, 5) is 0. The van der Waals surface area contributed by atoms with Crippen LogP contribution in [0.5, 0.6) is 5.75 Å². The van der Waals surface area contributed by atoms with Crippen LogP contribution >= 0.6 is 11.3 Å². The van der Waals surface area contributed by atoms with E-state index in [1.807, 2.05) is 78.9 Å². The van der Waals surface area contributed by atoms with Crippen LogP contribution in [-0.4, -0.2) is 11.3 Å². The lowest BCUT2D eigenvalue weighted by Crippen LogP contribution is -1.94. The van der Waals surface area contributed by atoms with Gasteiger partial charge in [0, 0.05) is 33.8 Å². The van der Waals surface area contributed by atoms with E-state index in [1.54, 1.807) is 11.3 Å². The normalized spacial score (nSPS) is 12.9. The molecule has 0 radical (unpaired) electrons. The third-order valence-electron chi connectivity index (χ3n) is 7.74. The van der Waals surface area contributed by atoms with Gasteiger partial charge >= 0.3 is 0 Å². The van der Waals surface area contributed by atoms with E-state index >= 15 is 0 Å². The maximum atomic E-state index is 10.8. The largest absolute Gasteiger partial charge is 0.506 e. The summed E-state index contributed by atoms with van der Waals surface area (Å²) in [5.74, 6) is 0.260. The van der Waals surface area contributed by atoms with Gasteiger partial charge < -0.3 is 16.2 Å². The molecule has 3 nitrogen and oxygen atoms in total. The van der Waals surface area contributed by atoms with Crippen molar-refractivity contribution in [1.82, 2.24) is 0 Å². The molecule has 1 aliphatic carbocycles. The highest BCUT2D eigenvalue weighted by atomic mass is 32.1. The molecular weight excluding hydrogens is 581 g/mol. The van der Waals surface area contributed by atoms with Crippen LogP contribution in [0.1, 0.15) is 39.8 Å². The second-order valence-electron chi connectivity index (χ2n) is 10.9.